The highest BCUT2D eigenvalue weighted by Gasteiger charge is 2.45. The highest BCUT2D eigenvalue weighted by molar-refractivity contribution is 6.39. The van der Waals surface area contributed by atoms with Crippen molar-refractivity contribution in [3.63, 3.8) is 0 Å². The molecule has 0 radical (unpaired) electrons. The number of hydrogen-bond donors (Lipinski definition) is 1. The number of nitrogens with zero attached hydrogens (tertiary/aromatic N) is 4. The summed E-state index contributed by atoms with van der Waals surface area (Å²) in [5.74, 6) is 0.106. The lowest BCUT2D eigenvalue weighted by Crippen LogP contribution is -2.49. The van der Waals surface area contributed by atoms with Gasteiger partial charge in [-0.1, -0.05) is 5.16 Å². The van der Waals surface area contributed by atoms with Crippen LogP contribution in [0.2, 0.25) is 0 Å². The summed E-state index contributed by atoms with van der Waals surface area (Å²) in [5, 5.41) is 4.02. The number of hydrogen-bond acceptors (Lipinski definition) is 5. The van der Waals surface area contributed by atoms with Crippen LogP contribution in [0.25, 0.3) is 0 Å². The Kier molecular flexibility index (Phi) is 5.20. The molecule has 150 valence electrons. The molecule has 1 unspecified atom stereocenters. The lowest BCUT2D eigenvalue weighted by Gasteiger charge is -2.37. The minimum atomic E-state index is -4.44. The van der Waals surface area contributed by atoms with E-state index in [1.54, 1.807) is 11.9 Å². The lowest BCUT2D eigenvalue weighted by atomic mass is 9.88. The number of H-pyrrole nitrogens is 1. The van der Waals surface area contributed by atoms with Crippen molar-refractivity contribution in [3.8, 4) is 0 Å². The second kappa shape index (κ2) is 7.14. The van der Waals surface area contributed by atoms with E-state index in [2.05, 4.69) is 15.1 Å². The third kappa shape index (κ3) is 4.26. The molecule has 1 aromatic heterocycles. The van der Waals surface area contributed by atoms with Crippen LogP contribution in [0.5, 0.6) is 0 Å². The van der Waals surface area contributed by atoms with Gasteiger partial charge in [-0.05, 0) is 33.2 Å². The number of amides is 1. The summed E-state index contributed by atoms with van der Waals surface area (Å²) < 4.78 is 38.1. The maximum absolute atomic E-state index is 12.7. The molecule has 0 aromatic carbocycles. The monoisotopic (exact) mass is 387 g/mol. The summed E-state index contributed by atoms with van der Waals surface area (Å²) in [6.07, 6.45) is -1.66. The third-order valence-electron chi connectivity index (χ3n) is 5.11. The molecule has 3 heterocycles. The van der Waals surface area contributed by atoms with Crippen molar-refractivity contribution in [1.82, 2.24) is 19.8 Å². The fourth-order valence-corrected chi connectivity index (χ4v) is 3.42. The summed E-state index contributed by atoms with van der Waals surface area (Å²) in [5.41, 5.74) is -1.06. The maximum atomic E-state index is 12.7. The van der Waals surface area contributed by atoms with Crippen molar-refractivity contribution in [3.05, 3.63) is 17.7 Å². The molecule has 1 atom stereocenters. The Morgan fingerprint density at radius 3 is 2.85 bits per heavy atom. The van der Waals surface area contributed by atoms with Crippen LogP contribution in [0, 0.1) is 0 Å². The zero-order valence-electron chi connectivity index (χ0n) is 15.6. The first-order chi connectivity index (χ1) is 12.6. The molecular weight excluding hydrogens is 363 g/mol. The second-order valence-electron chi connectivity index (χ2n) is 7.55. The molecule has 0 aliphatic carbocycles. The first kappa shape index (κ1) is 19.7. The number of aromatic nitrogens is 2. The Morgan fingerprint density at radius 1 is 1.48 bits per heavy atom. The number of halogens is 3. The quantitative estimate of drug-likeness (QED) is 0.861. The van der Waals surface area contributed by atoms with Crippen molar-refractivity contribution in [2.24, 2.45) is 5.16 Å². The smallest absolute Gasteiger partial charge is 0.387 e. The van der Waals surface area contributed by atoms with Gasteiger partial charge in [-0.25, -0.2) is 4.98 Å². The van der Waals surface area contributed by atoms with Crippen molar-refractivity contribution in [2.45, 2.75) is 57.5 Å². The summed E-state index contributed by atoms with van der Waals surface area (Å²) in [7, 11) is 1.73. The lowest BCUT2D eigenvalue weighted by molar-refractivity contribution is -0.141. The number of oxime groups is 1. The highest BCUT2D eigenvalue weighted by Crippen LogP contribution is 2.34. The fraction of sp³-hybridized carbons (Fsp3) is 0.706. The molecule has 7 nitrogen and oxygen atoms in total. The Balaban J connectivity index is 1.62. The van der Waals surface area contributed by atoms with E-state index in [1.165, 1.54) is 0 Å². The van der Waals surface area contributed by atoms with E-state index in [-0.39, 0.29) is 24.3 Å². The van der Waals surface area contributed by atoms with Gasteiger partial charge in [-0.2, -0.15) is 13.2 Å². The average Bonchev–Trinajstić information content (AvgIpc) is 3.21. The van der Waals surface area contributed by atoms with Crippen molar-refractivity contribution < 1.29 is 22.8 Å². The van der Waals surface area contributed by atoms with Gasteiger partial charge in [0.2, 0.25) is 0 Å². The van der Waals surface area contributed by atoms with E-state index in [0.717, 1.165) is 25.6 Å². The van der Waals surface area contributed by atoms with E-state index in [4.69, 9.17) is 4.84 Å². The van der Waals surface area contributed by atoms with Gasteiger partial charge < -0.3 is 14.7 Å². The number of likely N-dealkylation sites (tertiary alicyclic amines) is 1. The van der Waals surface area contributed by atoms with Gasteiger partial charge >= 0.3 is 6.18 Å². The van der Waals surface area contributed by atoms with Crippen molar-refractivity contribution in [1.29, 1.82) is 0 Å². The molecule has 0 bridgehead atoms. The zero-order chi connectivity index (χ0) is 19.8. The summed E-state index contributed by atoms with van der Waals surface area (Å²) in [4.78, 5) is 27.9. The van der Waals surface area contributed by atoms with Gasteiger partial charge in [0.15, 0.2) is 5.60 Å². The Hall–Kier alpha value is -2.10. The molecule has 2 aliphatic rings. The van der Waals surface area contributed by atoms with E-state index in [9.17, 15) is 18.0 Å². The first-order valence-corrected chi connectivity index (χ1v) is 8.95. The van der Waals surface area contributed by atoms with Gasteiger partial charge in [-0.3, -0.25) is 9.69 Å². The van der Waals surface area contributed by atoms with Crippen LogP contribution in [0.3, 0.4) is 0 Å². The molecule has 1 N–H and O–H groups in total. The van der Waals surface area contributed by atoms with Crippen LogP contribution in [0.15, 0.2) is 11.4 Å². The highest BCUT2D eigenvalue weighted by atomic mass is 19.4. The predicted molar refractivity (Wildman–Crippen MR) is 91.9 cm³/mol. The first-order valence-electron chi connectivity index (χ1n) is 8.95. The van der Waals surface area contributed by atoms with Crippen LogP contribution in [-0.2, 0) is 22.4 Å². The minimum Gasteiger partial charge on any atom is -0.387 e. The van der Waals surface area contributed by atoms with Gasteiger partial charge in [-0.15, -0.1) is 0 Å². The Morgan fingerprint density at radius 2 is 2.22 bits per heavy atom. The third-order valence-corrected chi connectivity index (χ3v) is 5.11. The van der Waals surface area contributed by atoms with Crippen LogP contribution in [0.1, 0.15) is 44.6 Å². The molecule has 1 fully saturated rings. The van der Waals surface area contributed by atoms with Crippen molar-refractivity contribution >= 4 is 11.6 Å². The number of aromatic amines is 1. The van der Waals surface area contributed by atoms with Gasteiger partial charge in [0, 0.05) is 26.1 Å². The number of carbonyl (C=O) groups is 1. The maximum Gasteiger partial charge on any atom is 0.432 e. The van der Waals surface area contributed by atoms with E-state index in [1.807, 2.05) is 18.7 Å². The predicted octanol–water partition coefficient (Wildman–Crippen LogP) is 2.41. The van der Waals surface area contributed by atoms with E-state index < -0.39 is 17.5 Å². The number of rotatable bonds is 4. The summed E-state index contributed by atoms with van der Waals surface area (Å²) in [6.45, 7) is 5.31. The van der Waals surface area contributed by atoms with Gasteiger partial charge in [0.25, 0.3) is 5.91 Å². The molecule has 0 saturated carbocycles. The Bertz CT molecular complexity index is 730. The topological polar surface area (TPSA) is 73.8 Å². The van der Waals surface area contributed by atoms with E-state index >= 15 is 0 Å². The molecule has 10 heteroatoms. The fourth-order valence-electron chi connectivity index (χ4n) is 3.42. The summed E-state index contributed by atoms with van der Waals surface area (Å²) in [6, 6.07) is 0.0568. The van der Waals surface area contributed by atoms with E-state index in [0.29, 0.717) is 18.7 Å². The molecule has 27 heavy (non-hydrogen) atoms. The normalized spacial score (nSPS) is 23.6. The molecule has 3 rings (SSSR count). The minimum absolute atomic E-state index is 0.0568. The van der Waals surface area contributed by atoms with Gasteiger partial charge in [0.05, 0.1) is 12.7 Å². The van der Waals surface area contributed by atoms with Crippen molar-refractivity contribution in [2.75, 3.05) is 20.1 Å². The molecule has 2 aliphatic heterocycles. The molecule has 1 amide bonds. The molecule has 1 saturated heterocycles. The number of alkyl halides is 3. The number of imidazole rings is 1. The van der Waals surface area contributed by atoms with Crippen LogP contribution >= 0.6 is 0 Å². The van der Waals surface area contributed by atoms with Crippen LogP contribution < -0.4 is 0 Å². The second-order valence-corrected chi connectivity index (χ2v) is 7.55. The number of carbonyl (C=O) groups excluding carboxylic acids is 1. The standard InChI is InChI=1S/C17H24F3N5O2/c1-11(2)24(3)15(26)12-7-16(27-23-12)5-4-6-25(10-16)9-14-21-8-13(22-14)17(18,19)20/h8,11H,4-7,9-10H2,1-3H3,(H,21,22). The largest absolute Gasteiger partial charge is 0.432 e. The SMILES string of the molecule is CC(C)N(C)C(=O)C1=NOC2(CCCN(Cc3ncc(C(F)(F)F)[nH]3)C2)C1. The van der Waals surface area contributed by atoms with Gasteiger partial charge in [0.1, 0.15) is 17.2 Å². The average molecular weight is 387 g/mol. The number of piperidine rings is 1. The Labute approximate surface area is 155 Å². The molecule has 1 aromatic rings. The molecule has 1 spiro atoms. The number of nitrogens with one attached hydrogen (secondary N) is 1. The van der Waals surface area contributed by atoms with Crippen LogP contribution in [-0.4, -0.2) is 63.2 Å². The zero-order valence-corrected chi connectivity index (χ0v) is 15.6. The van der Waals surface area contributed by atoms with Crippen LogP contribution in [0.4, 0.5) is 13.2 Å². The molecular formula is C17H24F3N5O2. The summed E-state index contributed by atoms with van der Waals surface area (Å²) >= 11 is 0.